The van der Waals surface area contributed by atoms with Gasteiger partial charge in [-0.15, -0.1) is 11.3 Å². The number of hydrogen-bond donors (Lipinski definition) is 1. The highest BCUT2D eigenvalue weighted by Gasteiger charge is 2.03. The van der Waals surface area contributed by atoms with Crippen molar-refractivity contribution in [3.8, 4) is 11.3 Å². The van der Waals surface area contributed by atoms with E-state index in [1.807, 2.05) is 17.5 Å². The number of nitrogens with two attached hydrogens (primary N) is 1. The van der Waals surface area contributed by atoms with E-state index in [0.29, 0.717) is 5.13 Å². The maximum absolute atomic E-state index is 5.58. The van der Waals surface area contributed by atoms with Crippen LogP contribution in [0, 0.1) is 6.92 Å². The third-order valence-corrected chi connectivity index (χ3v) is 3.54. The summed E-state index contributed by atoms with van der Waals surface area (Å²) in [6.07, 6.45) is 0. The van der Waals surface area contributed by atoms with Crippen LogP contribution in [-0.2, 0) is 0 Å². The molecule has 0 saturated heterocycles. The number of aromatic nitrogens is 1. The van der Waals surface area contributed by atoms with Crippen LogP contribution in [0.1, 0.15) is 5.56 Å². The fourth-order valence-corrected chi connectivity index (χ4v) is 2.04. The number of aryl methyl sites for hydroxylation is 1. The van der Waals surface area contributed by atoms with Gasteiger partial charge in [0.2, 0.25) is 0 Å². The van der Waals surface area contributed by atoms with Gasteiger partial charge in [-0.1, -0.05) is 22.0 Å². The molecular weight excluding hydrogens is 260 g/mol. The second-order valence-corrected chi connectivity index (χ2v) is 4.78. The number of thiazole rings is 1. The highest BCUT2D eigenvalue weighted by Crippen LogP contribution is 2.26. The number of halogens is 1. The van der Waals surface area contributed by atoms with Gasteiger partial charge in [0.15, 0.2) is 5.13 Å². The molecule has 2 nitrogen and oxygen atoms in total. The molecule has 0 fully saturated rings. The second-order valence-electron chi connectivity index (χ2n) is 3.03. The maximum Gasteiger partial charge on any atom is 0.180 e. The molecule has 4 heteroatoms. The Kier molecular flexibility index (Phi) is 2.56. The predicted octanol–water partition coefficient (Wildman–Crippen LogP) is 3.46. The molecule has 1 aromatic carbocycles. The van der Waals surface area contributed by atoms with Gasteiger partial charge in [-0.3, -0.25) is 0 Å². The van der Waals surface area contributed by atoms with Crippen molar-refractivity contribution in [2.75, 3.05) is 5.73 Å². The van der Waals surface area contributed by atoms with Crippen molar-refractivity contribution in [1.29, 1.82) is 0 Å². The molecule has 1 heterocycles. The summed E-state index contributed by atoms with van der Waals surface area (Å²) in [6, 6.07) is 6.16. The Morgan fingerprint density at radius 1 is 1.43 bits per heavy atom. The first-order chi connectivity index (χ1) is 6.66. The second kappa shape index (κ2) is 3.71. The lowest BCUT2D eigenvalue weighted by atomic mass is 10.1. The van der Waals surface area contributed by atoms with Gasteiger partial charge in [-0.05, 0) is 24.6 Å². The van der Waals surface area contributed by atoms with E-state index in [2.05, 4.69) is 33.9 Å². The lowest BCUT2D eigenvalue weighted by Gasteiger charge is -2.00. The highest BCUT2D eigenvalue weighted by molar-refractivity contribution is 9.10. The number of hydrogen-bond acceptors (Lipinski definition) is 3. The Balaban J connectivity index is 2.47. The molecule has 2 rings (SSSR count). The maximum atomic E-state index is 5.58. The van der Waals surface area contributed by atoms with E-state index in [1.165, 1.54) is 16.9 Å². The lowest BCUT2D eigenvalue weighted by Crippen LogP contribution is -1.84. The minimum Gasteiger partial charge on any atom is -0.375 e. The fourth-order valence-electron chi connectivity index (χ4n) is 1.22. The summed E-state index contributed by atoms with van der Waals surface area (Å²) in [5.74, 6) is 0. The largest absolute Gasteiger partial charge is 0.375 e. The first-order valence-electron chi connectivity index (χ1n) is 4.14. The Morgan fingerprint density at radius 2 is 2.21 bits per heavy atom. The van der Waals surface area contributed by atoms with Gasteiger partial charge >= 0.3 is 0 Å². The molecule has 0 aliphatic carbocycles. The standard InChI is InChI=1S/C10H9BrN2S/c1-6-4-7(2-3-8(6)11)9-5-14-10(12)13-9/h2-5H,1H3,(H2,12,13). The van der Waals surface area contributed by atoms with E-state index in [4.69, 9.17) is 5.73 Å². The minimum atomic E-state index is 0.612. The summed E-state index contributed by atoms with van der Waals surface area (Å²) in [4.78, 5) is 4.23. The zero-order valence-electron chi connectivity index (χ0n) is 7.62. The van der Waals surface area contributed by atoms with Crippen molar-refractivity contribution in [3.63, 3.8) is 0 Å². The van der Waals surface area contributed by atoms with E-state index < -0.39 is 0 Å². The van der Waals surface area contributed by atoms with Crippen molar-refractivity contribution in [2.45, 2.75) is 6.92 Å². The zero-order chi connectivity index (χ0) is 10.1. The van der Waals surface area contributed by atoms with E-state index in [0.717, 1.165) is 15.7 Å². The third kappa shape index (κ3) is 1.81. The summed E-state index contributed by atoms with van der Waals surface area (Å²) >= 11 is 4.93. The van der Waals surface area contributed by atoms with Gasteiger partial charge < -0.3 is 5.73 Å². The minimum absolute atomic E-state index is 0.612. The van der Waals surface area contributed by atoms with Gasteiger partial charge in [-0.2, -0.15) is 0 Å². The molecule has 2 aromatic rings. The number of anilines is 1. The molecule has 0 radical (unpaired) electrons. The SMILES string of the molecule is Cc1cc(-c2csc(N)n2)ccc1Br. The summed E-state index contributed by atoms with van der Waals surface area (Å²) in [7, 11) is 0. The lowest BCUT2D eigenvalue weighted by molar-refractivity contribution is 1.38. The van der Waals surface area contributed by atoms with Gasteiger partial charge in [-0.25, -0.2) is 4.98 Å². The Labute approximate surface area is 94.9 Å². The number of rotatable bonds is 1. The number of nitrogens with zero attached hydrogens (tertiary/aromatic N) is 1. The molecule has 0 aliphatic heterocycles. The summed E-state index contributed by atoms with van der Waals surface area (Å²) in [6.45, 7) is 2.06. The molecule has 1 aromatic heterocycles. The van der Waals surface area contributed by atoms with Crippen LogP contribution < -0.4 is 5.73 Å². The van der Waals surface area contributed by atoms with Crippen LogP contribution in [0.5, 0.6) is 0 Å². The van der Waals surface area contributed by atoms with E-state index in [1.54, 1.807) is 0 Å². The molecule has 0 aliphatic rings. The predicted molar refractivity (Wildman–Crippen MR) is 64.4 cm³/mol. The molecule has 0 amide bonds. The van der Waals surface area contributed by atoms with Crippen LogP contribution in [0.4, 0.5) is 5.13 Å². The molecule has 14 heavy (non-hydrogen) atoms. The zero-order valence-corrected chi connectivity index (χ0v) is 10.0. The topological polar surface area (TPSA) is 38.9 Å². The highest BCUT2D eigenvalue weighted by atomic mass is 79.9. The quantitative estimate of drug-likeness (QED) is 0.861. The normalized spacial score (nSPS) is 10.4. The average molecular weight is 269 g/mol. The van der Waals surface area contributed by atoms with Crippen molar-refractivity contribution in [3.05, 3.63) is 33.6 Å². The van der Waals surface area contributed by atoms with Gasteiger partial charge in [0.05, 0.1) is 5.69 Å². The molecule has 0 spiro atoms. The van der Waals surface area contributed by atoms with Crippen LogP contribution >= 0.6 is 27.3 Å². The summed E-state index contributed by atoms with van der Waals surface area (Å²) < 4.78 is 1.12. The fraction of sp³-hybridized carbons (Fsp3) is 0.100. The van der Waals surface area contributed by atoms with Crippen LogP contribution in [0.3, 0.4) is 0 Å². The van der Waals surface area contributed by atoms with E-state index in [-0.39, 0.29) is 0 Å². The molecule has 72 valence electrons. The van der Waals surface area contributed by atoms with Gasteiger partial charge in [0, 0.05) is 15.4 Å². The van der Waals surface area contributed by atoms with Crippen molar-refractivity contribution < 1.29 is 0 Å². The van der Waals surface area contributed by atoms with Crippen LogP contribution in [0.15, 0.2) is 28.1 Å². The Morgan fingerprint density at radius 3 is 2.79 bits per heavy atom. The Hall–Kier alpha value is -0.870. The van der Waals surface area contributed by atoms with E-state index in [9.17, 15) is 0 Å². The molecule has 0 atom stereocenters. The molecule has 0 unspecified atom stereocenters. The first-order valence-corrected chi connectivity index (χ1v) is 5.81. The van der Waals surface area contributed by atoms with Crippen LogP contribution in [0.25, 0.3) is 11.3 Å². The molecule has 0 saturated carbocycles. The Bertz CT molecular complexity index is 465. The van der Waals surface area contributed by atoms with Gasteiger partial charge in [0.25, 0.3) is 0 Å². The molecular formula is C10H9BrN2S. The first kappa shape index (κ1) is 9.68. The summed E-state index contributed by atoms with van der Waals surface area (Å²) in [5.41, 5.74) is 8.84. The van der Waals surface area contributed by atoms with Crippen molar-refractivity contribution in [2.24, 2.45) is 0 Å². The average Bonchev–Trinajstić information content (AvgIpc) is 2.57. The molecule has 0 bridgehead atoms. The van der Waals surface area contributed by atoms with Crippen LogP contribution in [-0.4, -0.2) is 4.98 Å². The van der Waals surface area contributed by atoms with Gasteiger partial charge in [0.1, 0.15) is 0 Å². The smallest absolute Gasteiger partial charge is 0.180 e. The third-order valence-electron chi connectivity index (χ3n) is 1.98. The number of benzene rings is 1. The van der Waals surface area contributed by atoms with Crippen molar-refractivity contribution in [1.82, 2.24) is 4.98 Å². The summed E-state index contributed by atoms with van der Waals surface area (Å²) in [5, 5.41) is 2.58. The monoisotopic (exact) mass is 268 g/mol. The van der Waals surface area contributed by atoms with E-state index >= 15 is 0 Å². The number of nitrogen functional groups attached to an aromatic ring is 1. The molecule has 2 N–H and O–H groups in total. The van der Waals surface area contributed by atoms with Crippen molar-refractivity contribution >= 4 is 32.4 Å². The van der Waals surface area contributed by atoms with Crippen LogP contribution in [0.2, 0.25) is 0 Å².